The van der Waals surface area contributed by atoms with Crippen LogP contribution >= 0.6 is 0 Å². The van der Waals surface area contributed by atoms with Gasteiger partial charge in [-0.2, -0.15) is 0 Å². The molecule has 0 fully saturated rings. The predicted octanol–water partition coefficient (Wildman–Crippen LogP) is 0.786. The van der Waals surface area contributed by atoms with E-state index in [-0.39, 0.29) is 0 Å². The number of aromatic nitrogens is 1. The van der Waals surface area contributed by atoms with Gasteiger partial charge in [-0.05, 0) is 19.1 Å². The Labute approximate surface area is 78.3 Å². The molecule has 0 unspecified atom stereocenters. The summed E-state index contributed by atoms with van der Waals surface area (Å²) in [4.78, 5) is 4.01. The molecule has 0 aliphatic heterocycles. The van der Waals surface area contributed by atoms with Gasteiger partial charge in [0.05, 0.1) is 17.6 Å². The molecule has 4 nitrogen and oxygen atoms in total. The quantitative estimate of drug-likeness (QED) is 0.709. The van der Waals surface area contributed by atoms with Crippen molar-refractivity contribution < 1.29 is 8.42 Å². The third-order valence-electron chi connectivity index (χ3n) is 1.82. The Hall–Kier alpha value is -1.10. The maximum absolute atomic E-state index is 11.2. The third kappa shape index (κ3) is 2.18. The van der Waals surface area contributed by atoms with Crippen molar-refractivity contribution in [3.8, 4) is 0 Å². The molecule has 0 spiro atoms. The highest BCUT2D eigenvalue weighted by atomic mass is 32.2. The van der Waals surface area contributed by atoms with Crippen molar-refractivity contribution >= 4 is 15.7 Å². The summed E-state index contributed by atoms with van der Waals surface area (Å²) in [6.45, 7) is 1.77. The smallest absolute Gasteiger partial charge is 0.232 e. The first kappa shape index (κ1) is 9.98. The van der Waals surface area contributed by atoms with Crippen LogP contribution in [0.1, 0.15) is 5.69 Å². The predicted molar refractivity (Wildman–Crippen MR) is 52.2 cm³/mol. The van der Waals surface area contributed by atoms with Crippen molar-refractivity contribution in [1.29, 1.82) is 0 Å². The lowest BCUT2D eigenvalue weighted by molar-refractivity contribution is 0.600. The topological polar surface area (TPSA) is 50.3 Å². The number of aryl methyl sites for hydroxylation is 1. The van der Waals surface area contributed by atoms with Gasteiger partial charge in [0.15, 0.2) is 0 Å². The lowest BCUT2D eigenvalue weighted by atomic mass is 10.3. The van der Waals surface area contributed by atoms with E-state index < -0.39 is 10.0 Å². The Bertz CT molecular complexity index is 400. The summed E-state index contributed by atoms with van der Waals surface area (Å²) < 4.78 is 23.6. The SMILES string of the molecule is Cc1ncccc1N(C)S(C)(=O)=O. The van der Waals surface area contributed by atoms with Crippen LogP contribution < -0.4 is 4.31 Å². The van der Waals surface area contributed by atoms with Gasteiger partial charge in [0.1, 0.15) is 0 Å². The normalized spacial score (nSPS) is 11.3. The van der Waals surface area contributed by atoms with Crippen molar-refractivity contribution in [1.82, 2.24) is 4.98 Å². The number of pyridine rings is 1. The molecular weight excluding hydrogens is 188 g/mol. The molecule has 0 radical (unpaired) electrons. The van der Waals surface area contributed by atoms with Gasteiger partial charge in [-0.3, -0.25) is 9.29 Å². The fourth-order valence-electron chi connectivity index (χ4n) is 0.987. The lowest BCUT2D eigenvalue weighted by Gasteiger charge is -2.17. The number of anilines is 1. The van der Waals surface area contributed by atoms with Crippen LogP contribution in [0.4, 0.5) is 5.69 Å². The second kappa shape index (κ2) is 3.33. The Morgan fingerprint density at radius 2 is 2.08 bits per heavy atom. The standard InChI is InChI=1S/C8H12N2O2S/c1-7-8(5-4-6-9-7)10(2)13(3,11)12/h4-6H,1-3H3. The minimum atomic E-state index is -3.19. The van der Waals surface area contributed by atoms with E-state index >= 15 is 0 Å². The molecule has 1 heterocycles. The van der Waals surface area contributed by atoms with Gasteiger partial charge in [-0.25, -0.2) is 8.42 Å². The highest BCUT2D eigenvalue weighted by molar-refractivity contribution is 7.92. The number of sulfonamides is 1. The summed E-state index contributed by atoms with van der Waals surface area (Å²) in [5, 5.41) is 0. The molecular formula is C8H12N2O2S. The Morgan fingerprint density at radius 1 is 1.46 bits per heavy atom. The van der Waals surface area contributed by atoms with Gasteiger partial charge in [-0.15, -0.1) is 0 Å². The van der Waals surface area contributed by atoms with Gasteiger partial charge in [0, 0.05) is 13.2 Å². The molecule has 0 saturated heterocycles. The third-order valence-corrected chi connectivity index (χ3v) is 3.01. The molecule has 0 amide bonds. The summed E-state index contributed by atoms with van der Waals surface area (Å²) in [6, 6.07) is 3.44. The highest BCUT2D eigenvalue weighted by Crippen LogP contribution is 2.17. The number of hydrogen-bond donors (Lipinski definition) is 0. The first-order chi connectivity index (χ1) is 5.93. The molecule has 0 saturated carbocycles. The van der Waals surface area contributed by atoms with Gasteiger partial charge in [0.2, 0.25) is 10.0 Å². The molecule has 1 rings (SSSR count). The van der Waals surface area contributed by atoms with E-state index in [1.54, 1.807) is 25.3 Å². The zero-order chi connectivity index (χ0) is 10.1. The van der Waals surface area contributed by atoms with Gasteiger partial charge in [0.25, 0.3) is 0 Å². The Morgan fingerprint density at radius 3 is 2.54 bits per heavy atom. The molecule has 72 valence electrons. The molecule has 0 N–H and O–H groups in total. The zero-order valence-corrected chi connectivity index (χ0v) is 8.67. The second-order valence-electron chi connectivity index (χ2n) is 2.84. The van der Waals surface area contributed by atoms with E-state index in [2.05, 4.69) is 4.98 Å². The van der Waals surface area contributed by atoms with Gasteiger partial charge < -0.3 is 0 Å². The Kier molecular flexibility index (Phi) is 2.56. The molecule has 0 aliphatic rings. The van der Waals surface area contributed by atoms with Crippen LogP contribution in [0.25, 0.3) is 0 Å². The van der Waals surface area contributed by atoms with Crippen molar-refractivity contribution in [3.63, 3.8) is 0 Å². The minimum Gasteiger partial charge on any atom is -0.272 e. The van der Waals surface area contributed by atoms with Crippen LogP contribution in [0, 0.1) is 6.92 Å². The van der Waals surface area contributed by atoms with Crippen molar-refractivity contribution in [2.45, 2.75) is 6.92 Å². The minimum absolute atomic E-state index is 0.616. The maximum Gasteiger partial charge on any atom is 0.232 e. The fraction of sp³-hybridized carbons (Fsp3) is 0.375. The monoisotopic (exact) mass is 200 g/mol. The van der Waals surface area contributed by atoms with E-state index in [9.17, 15) is 8.42 Å². The summed E-state index contributed by atoms with van der Waals surface area (Å²) in [7, 11) is -1.67. The molecule has 0 aromatic carbocycles. The van der Waals surface area contributed by atoms with Gasteiger partial charge >= 0.3 is 0 Å². The van der Waals surface area contributed by atoms with Crippen molar-refractivity contribution in [2.24, 2.45) is 0 Å². The van der Waals surface area contributed by atoms with Crippen molar-refractivity contribution in [3.05, 3.63) is 24.0 Å². The second-order valence-corrected chi connectivity index (χ2v) is 4.85. The van der Waals surface area contributed by atoms with Crippen LogP contribution in [-0.4, -0.2) is 26.7 Å². The first-order valence-electron chi connectivity index (χ1n) is 3.78. The first-order valence-corrected chi connectivity index (χ1v) is 5.63. The summed E-state index contributed by atoms with van der Waals surface area (Å²) in [5.74, 6) is 0. The van der Waals surface area contributed by atoms with E-state index in [0.29, 0.717) is 11.4 Å². The maximum atomic E-state index is 11.2. The average molecular weight is 200 g/mol. The van der Waals surface area contributed by atoms with E-state index in [1.807, 2.05) is 0 Å². The van der Waals surface area contributed by atoms with E-state index in [1.165, 1.54) is 17.6 Å². The molecule has 13 heavy (non-hydrogen) atoms. The highest BCUT2D eigenvalue weighted by Gasteiger charge is 2.13. The van der Waals surface area contributed by atoms with Crippen LogP contribution in [-0.2, 0) is 10.0 Å². The zero-order valence-electron chi connectivity index (χ0n) is 7.85. The summed E-state index contributed by atoms with van der Waals surface area (Å²) >= 11 is 0. The van der Waals surface area contributed by atoms with Crippen molar-refractivity contribution in [2.75, 3.05) is 17.6 Å². The van der Waals surface area contributed by atoms with E-state index in [4.69, 9.17) is 0 Å². The number of hydrogen-bond acceptors (Lipinski definition) is 3. The molecule has 0 bridgehead atoms. The van der Waals surface area contributed by atoms with Crippen LogP contribution in [0.2, 0.25) is 0 Å². The van der Waals surface area contributed by atoms with Crippen LogP contribution in [0.3, 0.4) is 0 Å². The van der Waals surface area contributed by atoms with E-state index in [0.717, 1.165) is 0 Å². The number of rotatable bonds is 2. The molecule has 1 aromatic rings. The van der Waals surface area contributed by atoms with Crippen LogP contribution in [0.15, 0.2) is 18.3 Å². The lowest BCUT2D eigenvalue weighted by Crippen LogP contribution is -2.25. The largest absolute Gasteiger partial charge is 0.272 e. The summed E-state index contributed by atoms with van der Waals surface area (Å²) in [5.41, 5.74) is 1.32. The molecule has 1 aromatic heterocycles. The molecule has 0 aliphatic carbocycles. The fourth-order valence-corrected chi connectivity index (χ4v) is 1.54. The molecule has 5 heteroatoms. The van der Waals surface area contributed by atoms with Gasteiger partial charge in [-0.1, -0.05) is 0 Å². The Balaban J connectivity index is 3.17. The molecule has 0 atom stereocenters. The number of nitrogens with zero attached hydrogens (tertiary/aromatic N) is 2. The van der Waals surface area contributed by atoms with Crippen LogP contribution in [0.5, 0.6) is 0 Å². The average Bonchev–Trinajstić information content (AvgIpc) is 2.02. The summed E-state index contributed by atoms with van der Waals surface area (Å²) in [6.07, 6.45) is 2.80.